The van der Waals surface area contributed by atoms with Crippen molar-refractivity contribution in [1.82, 2.24) is 15.4 Å². The average Bonchev–Trinajstić information content (AvgIpc) is 4.16. The van der Waals surface area contributed by atoms with Gasteiger partial charge in [0.05, 0.1) is 53.1 Å². The quantitative estimate of drug-likeness (QED) is 0.131. The molecule has 2 saturated carbocycles. The summed E-state index contributed by atoms with van der Waals surface area (Å²) in [6.45, 7) is 1.68. The lowest BCUT2D eigenvalue weighted by Crippen LogP contribution is -2.58. The van der Waals surface area contributed by atoms with Crippen molar-refractivity contribution in [2.45, 2.75) is 50.4 Å². The molecule has 3 aliphatic heterocycles. The van der Waals surface area contributed by atoms with E-state index in [-0.39, 0.29) is 29.4 Å². The van der Waals surface area contributed by atoms with Gasteiger partial charge in [0.25, 0.3) is 0 Å². The van der Waals surface area contributed by atoms with Crippen LogP contribution in [0.25, 0.3) is 17.0 Å². The van der Waals surface area contributed by atoms with Crippen LogP contribution in [0.5, 0.6) is 28.7 Å². The molecule has 0 radical (unpaired) electrons. The van der Waals surface area contributed by atoms with E-state index in [0.717, 1.165) is 72.2 Å². The summed E-state index contributed by atoms with van der Waals surface area (Å²) in [5.74, 6) is 5.14. The minimum atomic E-state index is -0.670. The van der Waals surface area contributed by atoms with Gasteiger partial charge >= 0.3 is 11.9 Å². The Morgan fingerprint density at radius 2 is 1.62 bits per heavy atom. The molecule has 3 fully saturated rings. The molecular weight excluding hydrogens is 815 g/mol. The first-order chi connectivity index (χ1) is 31.3. The van der Waals surface area contributed by atoms with Gasteiger partial charge in [0.15, 0.2) is 17.2 Å². The van der Waals surface area contributed by atoms with E-state index in [1.165, 1.54) is 57.9 Å². The van der Waals surface area contributed by atoms with Gasteiger partial charge < -0.3 is 43.0 Å². The van der Waals surface area contributed by atoms with Crippen LogP contribution in [0.2, 0.25) is 0 Å². The summed E-state index contributed by atoms with van der Waals surface area (Å²) in [5.41, 5.74) is 7.60. The number of carbonyl (C=O) groups excluding carboxylic acids is 2. The zero-order valence-corrected chi connectivity index (χ0v) is 37.4. The highest BCUT2D eigenvalue weighted by Gasteiger charge is 2.54. The Labute approximate surface area is 374 Å². The van der Waals surface area contributed by atoms with Gasteiger partial charge in [0.2, 0.25) is 5.75 Å². The topological polar surface area (TPSA) is 139 Å². The van der Waals surface area contributed by atoms with Gasteiger partial charge in [-0.2, -0.15) is 0 Å². The van der Waals surface area contributed by atoms with Crippen molar-refractivity contribution >= 4 is 28.9 Å². The van der Waals surface area contributed by atoms with Crippen LogP contribution >= 0.6 is 0 Å². The Bertz CT molecular complexity index is 2420. The van der Waals surface area contributed by atoms with Crippen molar-refractivity contribution in [3.05, 3.63) is 107 Å². The molecule has 1 aromatic heterocycles. The molecule has 13 heteroatoms. The van der Waals surface area contributed by atoms with Crippen LogP contribution in [0.4, 0.5) is 0 Å². The molecular formula is C51H59N3O10. The number of H-pyrrole nitrogens is 1. The van der Waals surface area contributed by atoms with E-state index in [1.807, 2.05) is 42.5 Å². The third kappa shape index (κ3) is 8.08. The maximum atomic E-state index is 13.5. The Kier molecular flexibility index (Phi) is 12.6. The number of nitrogens with one attached hydrogen (secondary N) is 2. The van der Waals surface area contributed by atoms with Crippen molar-refractivity contribution in [2.75, 3.05) is 55.7 Å². The summed E-state index contributed by atoms with van der Waals surface area (Å²) in [4.78, 5) is 38.2. The number of fused-ring (bicyclic) bond motifs is 12. The molecule has 4 aromatic rings. The van der Waals surface area contributed by atoms with Gasteiger partial charge in [-0.15, -0.1) is 0 Å². The van der Waals surface area contributed by atoms with Crippen molar-refractivity contribution in [2.24, 2.45) is 41.4 Å². The van der Waals surface area contributed by atoms with Crippen molar-refractivity contribution < 1.29 is 47.6 Å². The number of rotatable bonds is 8. The standard InChI is InChI=1S/C33H40N2O9.C10H12.C8H7NO/c1-38-19-7-8-20-21-9-10-35-16-18-13-27(44-32(36)17-11-25(39-2)30(41-4)26(12-17)40-3)31(42-5)28(33(37)43-6)22(18)15-24(35)29(21)34-23(20)14-19;1-2-9-7-4-5-8(6-7)10(9)3-1;1-2-4-8-7(3-1)5-6-9-10-8/h7-8,11-12,14,18,22,24,27-28,31,34H,9-10,13,15-16H2,1-6H3;1-2,4-5,7-10H,3,6H2;1-6,9H/t18-,22+,24-,27-,28+,31+;;/m1../s1. The minimum Gasteiger partial charge on any atom is -0.497 e. The maximum Gasteiger partial charge on any atom is 0.338 e. The van der Waals surface area contributed by atoms with E-state index in [1.54, 1.807) is 32.6 Å². The summed E-state index contributed by atoms with van der Waals surface area (Å²) >= 11 is 0. The van der Waals surface area contributed by atoms with E-state index in [4.69, 9.17) is 38.0 Å². The van der Waals surface area contributed by atoms with Gasteiger partial charge in [-0.3, -0.25) is 9.69 Å². The average molecular weight is 874 g/mol. The number of aromatic amines is 1. The normalized spacial score (nSPS) is 28.5. The number of piperidine rings is 1. The number of esters is 2. The fraction of sp³-hybridized carbons (Fsp3) is 0.451. The lowest BCUT2D eigenvalue weighted by atomic mass is 9.63. The van der Waals surface area contributed by atoms with Crippen LogP contribution in [-0.2, 0) is 25.4 Å². The number of ether oxygens (including phenoxy) is 7. The summed E-state index contributed by atoms with van der Waals surface area (Å²) in [7, 11) is 9.10. The number of para-hydroxylation sites is 1. The number of carbonyl (C=O) groups is 2. The predicted molar refractivity (Wildman–Crippen MR) is 241 cm³/mol. The van der Waals surface area contributed by atoms with E-state index >= 15 is 0 Å². The Hall–Kier alpha value is -5.92. The van der Waals surface area contributed by atoms with Crippen molar-refractivity contribution in [3.63, 3.8) is 0 Å². The number of hydrogen-bond acceptors (Lipinski definition) is 12. The van der Waals surface area contributed by atoms with Crippen LogP contribution < -0.4 is 29.3 Å². The highest BCUT2D eigenvalue weighted by molar-refractivity contribution is 5.91. The lowest BCUT2D eigenvalue weighted by Gasteiger charge is -2.52. The van der Waals surface area contributed by atoms with Crippen LogP contribution in [0.3, 0.4) is 0 Å². The number of methoxy groups -OCH3 is 6. The number of nitrogens with zero attached hydrogens (tertiary/aromatic N) is 1. The van der Waals surface area contributed by atoms with Crippen molar-refractivity contribution in [3.8, 4) is 28.7 Å². The third-order valence-corrected chi connectivity index (χ3v) is 14.6. The van der Waals surface area contributed by atoms with Crippen molar-refractivity contribution in [1.29, 1.82) is 0 Å². The first kappa shape index (κ1) is 43.3. The number of hydrogen-bond donors (Lipinski definition) is 2. The molecule has 2 bridgehead atoms. The zero-order chi connectivity index (χ0) is 44.5. The smallest absolute Gasteiger partial charge is 0.338 e. The Morgan fingerprint density at radius 1 is 0.828 bits per heavy atom. The molecule has 4 heterocycles. The number of allylic oxidation sites excluding steroid dienone is 4. The van der Waals surface area contributed by atoms with Crippen LogP contribution in [-0.4, -0.2) is 89.8 Å². The lowest BCUT2D eigenvalue weighted by molar-refractivity contribution is -0.176. The number of benzene rings is 3. The first-order valence-corrected chi connectivity index (χ1v) is 22.3. The van der Waals surface area contributed by atoms with Gasteiger partial charge in [0, 0.05) is 54.6 Å². The monoisotopic (exact) mass is 873 g/mol. The maximum absolute atomic E-state index is 13.5. The highest BCUT2D eigenvalue weighted by Crippen LogP contribution is 2.53. The second kappa shape index (κ2) is 18.7. The van der Waals surface area contributed by atoms with Gasteiger partial charge in [-0.05, 0) is 110 Å². The molecule has 1 saturated heterocycles. The fourth-order valence-electron chi connectivity index (χ4n) is 11.7. The van der Waals surface area contributed by atoms with E-state index < -0.39 is 24.1 Å². The first-order valence-electron chi connectivity index (χ1n) is 22.3. The molecule has 10 atom stereocenters. The molecule has 2 N–H and O–H groups in total. The number of hydroxylamine groups is 1. The molecule has 13 nitrogen and oxygen atoms in total. The SMILES string of the molecule is C1=CC2C3C=CC(C3)C2C1.C1=Cc2ccccc2ON1.COC(=O)[C@H]1[C@H]2C[C@@H]3c4[nH]c5cc(OC)ccc5c4CCN3C[C@H]2C[C@@H](OC(=O)c2cc(OC)c(OC)c(OC)c2)[C@@H]1OC. The molecule has 338 valence electrons. The second-order valence-corrected chi connectivity index (χ2v) is 17.6. The van der Waals surface area contributed by atoms with E-state index in [2.05, 4.69) is 45.7 Å². The van der Waals surface area contributed by atoms with Gasteiger partial charge in [0.1, 0.15) is 18.0 Å². The largest absolute Gasteiger partial charge is 0.497 e. The third-order valence-electron chi connectivity index (χ3n) is 14.6. The molecule has 4 unspecified atom stereocenters. The summed E-state index contributed by atoms with van der Waals surface area (Å²) < 4.78 is 39.1. The molecule has 0 amide bonds. The Balaban J connectivity index is 0.000000207. The van der Waals surface area contributed by atoms with Gasteiger partial charge in [-0.25, -0.2) is 10.3 Å². The molecule has 11 rings (SSSR count). The van der Waals surface area contributed by atoms with E-state index in [9.17, 15) is 9.59 Å². The van der Waals surface area contributed by atoms with E-state index in [0.29, 0.717) is 23.7 Å². The molecule has 0 spiro atoms. The summed E-state index contributed by atoms with van der Waals surface area (Å²) in [6, 6.07) is 17.3. The summed E-state index contributed by atoms with van der Waals surface area (Å²) in [5, 5.41) is 1.21. The minimum absolute atomic E-state index is 0.0170. The van der Waals surface area contributed by atoms with Crippen LogP contribution in [0, 0.1) is 41.4 Å². The second-order valence-electron chi connectivity index (χ2n) is 17.6. The summed E-state index contributed by atoms with van der Waals surface area (Å²) in [6.07, 6.45) is 17.2. The Morgan fingerprint density at radius 3 is 2.34 bits per heavy atom. The zero-order valence-electron chi connectivity index (χ0n) is 37.4. The predicted octanol–water partition coefficient (Wildman–Crippen LogP) is 8.11. The number of aromatic nitrogens is 1. The molecule has 3 aromatic carbocycles. The molecule has 7 aliphatic rings. The molecule has 4 aliphatic carbocycles. The van der Waals surface area contributed by atoms with Crippen LogP contribution in [0.1, 0.15) is 58.9 Å². The fourth-order valence-corrected chi connectivity index (χ4v) is 11.7. The molecule has 64 heavy (non-hydrogen) atoms. The van der Waals surface area contributed by atoms with Gasteiger partial charge in [-0.1, -0.05) is 42.5 Å². The van der Waals surface area contributed by atoms with Crippen LogP contribution in [0.15, 0.2) is 85.1 Å². The highest BCUT2D eigenvalue weighted by atomic mass is 16.6.